The fourth-order valence-corrected chi connectivity index (χ4v) is 1.92. The molecule has 1 amide bonds. The van der Waals surface area contributed by atoms with Crippen LogP contribution in [0.2, 0.25) is 0 Å². The molecule has 1 N–H and O–H groups in total. The average Bonchev–Trinajstić information content (AvgIpc) is 2.54. The van der Waals surface area contributed by atoms with Crippen molar-refractivity contribution in [1.82, 2.24) is 10.3 Å². The quantitative estimate of drug-likeness (QED) is 0.504. The number of carbonyl (C=O) groups excluding carboxylic acids is 1. The summed E-state index contributed by atoms with van der Waals surface area (Å²) in [6.45, 7) is 0.417. The Hall–Kier alpha value is -3.09. The Morgan fingerprint density at radius 2 is 2.22 bits per heavy atom. The van der Waals surface area contributed by atoms with Gasteiger partial charge in [-0.1, -0.05) is 6.07 Å². The minimum Gasteiger partial charge on any atom is -0.352 e. The van der Waals surface area contributed by atoms with Gasteiger partial charge >= 0.3 is 0 Å². The number of aromatic nitrogens is 1. The molecule has 0 aliphatic heterocycles. The number of pyridine rings is 1. The number of nitro benzene ring substituents is 1. The summed E-state index contributed by atoms with van der Waals surface area (Å²) in [5, 5.41) is 13.5. The number of nitrogens with one attached hydrogen (secondary N) is 1. The van der Waals surface area contributed by atoms with Crippen LogP contribution in [-0.4, -0.2) is 22.4 Å². The van der Waals surface area contributed by atoms with Crippen LogP contribution in [-0.2, 0) is 11.2 Å². The highest BCUT2D eigenvalue weighted by Gasteiger charge is 2.12. The van der Waals surface area contributed by atoms with Gasteiger partial charge in [-0.15, -0.1) is 0 Å². The fourth-order valence-electron chi connectivity index (χ4n) is 1.92. The second-order valence-corrected chi connectivity index (χ2v) is 4.70. The largest absolute Gasteiger partial charge is 0.352 e. The molecule has 0 saturated carbocycles. The second kappa shape index (κ2) is 7.79. The van der Waals surface area contributed by atoms with E-state index in [9.17, 15) is 19.3 Å². The standard InChI is InChI=1S/C16H14FN3O3/c17-14-5-3-13(15(10-14)20(22)23)4-6-16(21)19-9-7-12-2-1-8-18-11-12/h1-6,8,10-11H,7,9H2,(H,19,21). The fraction of sp³-hybridized carbons (Fsp3) is 0.125. The lowest BCUT2D eigenvalue weighted by Crippen LogP contribution is -2.23. The maximum Gasteiger partial charge on any atom is 0.279 e. The number of hydrogen-bond acceptors (Lipinski definition) is 4. The minimum absolute atomic E-state index is 0.166. The minimum atomic E-state index is -0.699. The molecular formula is C16H14FN3O3. The van der Waals surface area contributed by atoms with E-state index in [0.717, 1.165) is 17.7 Å². The summed E-state index contributed by atoms with van der Waals surface area (Å²) in [5.41, 5.74) is 0.772. The first-order valence-electron chi connectivity index (χ1n) is 6.85. The van der Waals surface area contributed by atoms with Crippen molar-refractivity contribution in [3.63, 3.8) is 0 Å². The molecule has 1 aromatic carbocycles. The van der Waals surface area contributed by atoms with Crippen LogP contribution >= 0.6 is 0 Å². The van der Waals surface area contributed by atoms with Crippen molar-refractivity contribution in [3.05, 3.63) is 75.9 Å². The summed E-state index contributed by atoms with van der Waals surface area (Å²) in [5.74, 6) is -1.08. The van der Waals surface area contributed by atoms with E-state index in [1.54, 1.807) is 12.4 Å². The van der Waals surface area contributed by atoms with Crippen LogP contribution in [0, 0.1) is 15.9 Å². The number of carbonyl (C=O) groups is 1. The molecule has 0 spiro atoms. The lowest BCUT2D eigenvalue weighted by molar-refractivity contribution is -0.385. The topological polar surface area (TPSA) is 85.1 Å². The molecule has 2 aromatic rings. The molecule has 0 unspecified atom stereocenters. The molecule has 2 rings (SSSR count). The molecule has 0 atom stereocenters. The Morgan fingerprint density at radius 1 is 1.39 bits per heavy atom. The van der Waals surface area contributed by atoms with E-state index >= 15 is 0 Å². The third-order valence-corrected chi connectivity index (χ3v) is 3.04. The van der Waals surface area contributed by atoms with Crippen molar-refractivity contribution in [2.24, 2.45) is 0 Å². The summed E-state index contributed by atoms with van der Waals surface area (Å²) in [4.78, 5) is 25.8. The number of hydrogen-bond donors (Lipinski definition) is 1. The first-order chi connectivity index (χ1) is 11.1. The van der Waals surface area contributed by atoms with E-state index < -0.39 is 10.7 Å². The van der Waals surface area contributed by atoms with E-state index in [4.69, 9.17) is 0 Å². The van der Waals surface area contributed by atoms with Crippen LogP contribution in [0.4, 0.5) is 10.1 Å². The number of benzene rings is 1. The third-order valence-electron chi connectivity index (χ3n) is 3.04. The van der Waals surface area contributed by atoms with E-state index in [2.05, 4.69) is 10.3 Å². The summed E-state index contributed by atoms with van der Waals surface area (Å²) in [6.07, 6.45) is 6.48. The van der Waals surface area contributed by atoms with Crippen LogP contribution in [0.1, 0.15) is 11.1 Å². The van der Waals surface area contributed by atoms with Crippen molar-refractivity contribution >= 4 is 17.7 Å². The number of nitro groups is 1. The molecule has 0 fully saturated rings. The lowest BCUT2D eigenvalue weighted by Gasteiger charge is -2.02. The molecule has 1 heterocycles. The third kappa shape index (κ3) is 4.99. The molecule has 1 aromatic heterocycles. The zero-order valence-corrected chi connectivity index (χ0v) is 12.1. The highest BCUT2D eigenvalue weighted by Crippen LogP contribution is 2.20. The zero-order chi connectivity index (χ0) is 16.7. The Kier molecular flexibility index (Phi) is 5.51. The van der Waals surface area contributed by atoms with E-state index in [1.165, 1.54) is 18.2 Å². The smallest absolute Gasteiger partial charge is 0.279 e. The molecule has 7 heteroatoms. The maximum absolute atomic E-state index is 13.0. The van der Waals surface area contributed by atoms with Crippen molar-refractivity contribution in [1.29, 1.82) is 0 Å². The maximum atomic E-state index is 13.0. The van der Waals surface area contributed by atoms with E-state index in [-0.39, 0.29) is 17.2 Å². The van der Waals surface area contributed by atoms with Gasteiger partial charge < -0.3 is 5.32 Å². The molecule has 118 valence electrons. The summed E-state index contributed by atoms with van der Waals surface area (Å²) < 4.78 is 13.0. The zero-order valence-electron chi connectivity index (χ0n) is 12.1. The van der Waals surface area contributed by atoms with Gasteiger partial charge in [-0.2, -0.15) is 0 Å². The van der Waals surface area contributed by atoms with E-state index in [1.807, 2.05) is 12.1 Å². The van der Waals surface area contributed by atoms with Crippen LogP contribution in [0.5, 0.6) is 0 Å². The highest BCUT2D eigenvalue weighted by molar-refractivity contribution is 5.92. The average molecular weight is 315 g/mol. The number of rotatable bonds is 6. The molecule has 6 nitrogen and oxygen atoms in total. The summed E-state index contributed by atoms with van der Waals surface area (Å²) in [6, 6.07) is 6.89. The summed E-state index contributed by atoms with van der Waals surface area (Å²) in [7, 11) is 0. The van der Waals surface area contributed by atoms with Crippen molar-refractivity contribution in [2.75, 3.05) is 6.54 Å². The monoisotopic (exact) mass is 315 g/mol. The van der Waals surface area contributed by atoms with Gasteiger partial charge in [-0.05, 0) is 36.3 Å². The van der Waals surface area contributed by atoms with Crippen molar-refractivity contribution in [3.8, 4) is 0 Å². The SMILES string of the molecule is O=C(C=Cc1ccc(F)cc1[N+](=O)[O-])NCCc1cccnc1. The molecule has 0 saturated heterocycles. The number of halogens is 1. The normalized spacial score (nSPS) is 10.7. The van der Waals surface area contributed by atoms with Gasteiger partial charge in [0.05, 0.1) is 16.6 Å². The molecule has 0 aliphatic rings. The Balaban J connectivity index is 1.92. The lowest BCUT2D eigenvalue weighted by atomic mass is 10.1. The first kappa shape index (κ1) is 16.3. The Morgan fingerprint density at radius 3 is 2.91 bits per heavy atom. The molecule has 0 radical (unpaired) electrons. The van der Waals surface area contributed by atoms with Crippen molar-refractivity contribution in [2.45, 2.75) is 6.42 Å². The van der Waals surface area contributed by atoms with Crippen LogP contribution in [0.3, 0.4) is 0 Å². The van der Waals surface area contributed by atoms with Gasteiger partial charge in [0.25, 0.3) is 5.69 Å². The first-order valence-corrected chi connectivity index (χ1v) is 6.85. The van der Waals surface area contributed by atoms with Crippen LogP contribution in [0.15, 0.2) is 48.8 Å². The van der Waals surface area contributed by atoms with E-state index in [0.29, 0.717) is 13.0 Å². The van der Waals surface area contributed by atoms with Crippen molar-refractivity contribution < 1.29 is 14.1 Å². The second-order valence-electron chi connectivity index (χ2n) is 4.70. The van der Waals surface area contributed by atoms with Gasteiger partial charge in [-0.25, -0.2) is 4.39 Å². The molecule has 0 aliphatic carbocycles. The van der Waals surface area contributed by atoms with Gasteiger partial charge in [0.2, 0.25) is 5.91 Å². The van der Waals surface area contributed by atoms with Gasteiger partial charge in [0.1, 0.15) is 5.82 Å². The van der Waals surface area contributed by atoms with Gasteiger partial charge in [-0.3, -0.25) is 19.9 Å². The van der Waals surface area contributed by atoms with Crippen LogP contribution in [0.25, 0.3) is 6.08 Å². The molecule has 0 bridgehead atoms. The predicted octanol–water partition coefficient (Wildman–Crippen LogP) is 2.50. The van der Waals surface area contributed by atoms with Crippen LogP contribution < -0.4 is 5.32 Å². The Labute approximate surface area is 131 Å². The molecule has 23 heavy (non-hydrogen) atoms. The highest BCUT2D eigenvalue weighted by atomic mass is 19.1. The van der Waals surface area contributed by atoms with Gasteiger partial charge in [0.15, 0.2) is 0 Å². The predicted molar refractivity (Wildman–Crippen MR) is 83.0 cm³/mol. The van der Waals surface area contributed by atoms with Gasteiger partial charge in [0, 0.05) is 25.0 Å². The number of nitrogens with zero attached hydrogens (tertiary/aromatic N) is 2. The Bertz CT molecular complexity index is 733. The number of amides is 1. The molecular weight excluding hydrogens is 301 g/mol. The summed E-state index contributed by atoms with van der Waals surface area (Å²) >= 11 is 0.